The van der Waals surface area contributed by atoms with Gasteiger partial charge in [0.15, 0.2) is 11.5 Å². The molecule has 1 heterocycles. The molecule has 0 radical (unpaired) electrons. The molecule has 1 N–H and O–H groups in total. The van der Waals surface area contributed by atoms with Gasteiger partial charge in [0.1, 0.15) is 0 Å². The van der Waals surface area contributed by atoms with E-state index in [1.54, 1.807) is 14.2 Å². The van der Waals surface area contributed by atoms with Gasteiger partial charge >= 0.3 is 0 Å². The van der Waals surface area contributed by atoms with Crippen LogP contribution < -0.4 is 14.8 Å². The number of amides is 1. The van der Waals surface area contributed by atoms with E-state index < -0.39 is 0 Å². The highest BCUT2D eigenvalue weighted by Crippen LogP contribution is 2.39. The number of nitrogens with zero attached hydrogens (tertiary/aromatic N) is 1. The van der Waals surface area contributed by atoms with Crippen LogP contribution in [-0.2, 0) is 17.6 Å². The Morgan fingerprint density at radius 3 is 2.62 bits per heavy atom. The predicted molar refractivity (Wildman–Crippen MR) is 115 cm³/mol. The lowest BCUT2D eigenvalue weighted by molar-refractivity contribution is -0.121. The first-order valence-corrected chi connectivity index (χ1v) is 10.1. The first kappa shape index (κ1) is 19.4. The highest BCUT2D eigenvalue weighted by molar-refractivity contribution is 5.89. The predicted octanol–water partition coefficient (Wildman–Crippen LogP) is 4.59. The summed E-state index contributed by atoms with van der Waals surface area (Å²) >= 11 is 0. The smallest absolute Gasteiger partial charge is 0.224 e. The number of carbonyl (C=O) groups excluding carboxylic acids is 1. The van der Waals surface area contributed by atoms with Gasteiger partial charge in [-0.15, -0.1) is 0 Å². The van der Waals surface area contributed by atoms with Gasteiger partial charge in [-0.3, -0.25) is 4.79 Å². The van der Waals surface area contributed by atoms with E-state index in [1.807, 2.05) is 24.3 Å². The zero-order valence-electron chi connectivity index (χ0n) is 17.5. The zero-order chi connectivity index (χ0) is 20.5. The van der Waals surface area contributed by atoms with E-state index >= 15 is 0 Å². The van der Waals surface area contributed by atoms with E-state index in [-0.39, 0.29) is 11.9 Å². The topological polar surface area (TPSA) is 52.5 Å². The maximum atomic E-state index is 12.9. The molecular weight excluding hydrogens is 364 g/mol. The van der Waals surface area contributed by atoms with Crippen LogP contribution in [-0.4, -0.2) is 24.7 Å². The quantitative estimate of drug-likeness (QED) is 0.668. The second-order valence-corrected chi connectivity index (χ2v) is 7.91. The summed E-state index contributed by atoms with van der Waals surface area (Å²) in [6.07, 6.45) is 4.31. The normalized spacial score (nSPS) is 15.6. The summed E-state index contributed by atoms with van der Waals surface area (Å²) < 4.78 is 13.1. The third-order valence-electron chi connectivity index (χ3n) is 5.79. The number of aromatic nitrogens is 1. The molecule has 29 heavy (non-hydrogen) atoms. The van der Waals surface area contributed by atoms with Crippen LogP contribution in [0, 0.1) is 0 Å². The van der Waals surface area contributed by atoms with E-state index in [0.29, 0.717) is 18.2 Å². The molecule has 1 aromatic heterocycles. The van der Waals surface area contributed by atoms with Crippen molar-refractivity contribution in [2.45, 2.75) is 45.2 Å². The van der Waals surface area contributed by atoms with Crippen LogP contribution in [0.1, 0.15) is 49.0 Å². The number of aryl methyl sites for hydroxylation is 1. The third-order valence-corrected chi connectivity index (χ3v) is 5.79. The summed E-state index contributed by atoms with van der Waals surface area (Å²) in [4.78, 5) is 12.9. The van der Waals surface area contributed by atoms with Crippen LogP contribution in [0.2, 0.25) is 0 Å². The molecule has 1 aliphatic carbocycles. The molecule has 1 aliphatic rings. The van der Waals surface area contributed by atoms with Gasteiger partial charge in [0.25, 0.3) is 0 Å². The second-order valence-electron chi connectivity index (χ2n) is 7.91. The number of para-hydroxylation sites is 1. The molecular formula is C24H28N2O3. The molecule has 0 unspecified atom stereocenters. The third kappa shape index (κ3) is 3.57. The van der Waals surface area contributed by atoms with Crippen molar-refractivity contribution in [1.82, 2.24) is 9.88 Å². The molecule has 4 rings (SSSR count). The van der Waals surface area contributed by atoms with E-state index in [0.717, 1.165) is 35.1 Å². The standard InChI is InChI=1S/C24H28N2O3/c1-15(2)26-14-17(18-7-5-6-8-21(18)26)12-24(27)25-20-10-9-16-11-22(28-3)23(29-4)13-19(16)20/h5-8,11,13-15,20H,9-10,12H2,1-4H3,(H,25,27)/t20-/m1/s1. The lowest BCUT2D eigenvalue weighted by Crippen LogP contribution is -2.28. The van der Waals surface area contributed by atoms with Crippen LogP contribution in [0.15, 0.2) is 42.6 Å². The number of carbonyl (C=O) groups is 1. The van der Waals surface area contributed by atoms with Gasteiger partial charge < -0.3 is 19.4 Å². The van der Waals surface area contributed by atoms with Crippen molar-refractivity contribution in [1.29, 1.82) is 0 Å². The Labute approximate surface area is 171 Å². The molecule has 0 spiro atoms. The van der Waals surface area contributed by atoms with E-state index in [4.69, 9.17) is 9.47 Å². The molecule has 0 saturated carbocycles. The summed E-state index contributed by atoms with van der Waals surface area (Å²) in [5.74, 6) is 1.48. The van der Waals surface area contributed by atoms with Crippen LogP contribution in [0.4, 0.5) is 0 Å². The van der Waals surface area contributed by atoms with E-state index in [1.165, 1.54) is 11.1 Å². The van der Waals surface area contributed by atoms with Crippen LogP contribution in [0.3, 0.4) is 0 Å². The average molecular weight is 392 g/mol. The van der Waals surface area contributed by atoms with Crippen molar-refractivity contribution in [3.05, 3.63) is 59.3 Å². The maximum Gasteiger partial charge on any atom is 0.224 e. The number of benzene rings is 2. The summed E-state index contributed by atoms with van der Waals surface area (Å²) in [5.41, 5.74) is 4.58. The Morgan fingerprint density at radius 2 is 1.90 bits per heavy atom. The molecule has 5 nitrogen and oxygen atoms in total. The van der Waals surface area contributed by atoms with Crippen LogP contribution in [0.25, 0.3) is 10.9 Å². The van der Waals surface area contributed by atoms with Gasteiger partial charge in [-0.25, -0.2) is 0 Å². The molecule has 3 aromatic rings. The second kappa shape index (κ2) is 7.82. The minimum atomic E-state index is 0.00996. The first-order valence-electron chi connectivity index (χ1n) is 10.1. The summed E-state index contributed by atoms with van der Waals surface area (Å²) in [5, 5.41) is 4.38. The van der Waals surface area contributed by atoms with Gasteiger partial charge in [-0.1, -0.05) is 18.2 Å². The Hall–Kier alpha value is -2.95. The van der Waals surface area contributed by atoms with Crippen molar-refractivity contribution >= 4 is 16.8 Å². The Morgan fingerprint density at radius 1 is 1.17 bits per heavy atom. The van der Waals surface area contributed by atoms with Crippen LogP contribution >= 0.6 is 0 Å². The van der Waals surface area contributed by atoms with Crippen molar-refractivity contribution in [2.24, 2.45) is 0 Å². The number of fused-ring (bicyclic) bond motifs is 2. The Bertz CT molecular complexity index is 1050. The van der Waals surface area contributed by atoms with Gasteiger partial charge in [0, 0.05) is 23.1 Å². The molecule has 1 amide bonds. The average Bonchev–Trinajstić information content (AvgIpc) is 3.28. The SMILES string of the molecule is COc1cc2c(cc1OC)[C@H](NC(=O)Cc1cn(C(C)C)c3ccccc13)CC2. The number of hydrogen-bond donors (Lipinski definition) is 1. The van der Waals surface area contributed by atoms with Gasteiger partial charge in [0.2, 0.25) is 5.91 Å². The lowest BCUT2D eigenvalue weighted by Gasteiger charge is -2.16. The molecule has 0 aliphatic heterocycles. The van der Waals surface area contributed by atoms with Crippen molar-refractivity contribution in [2.75, 3.05) is 14.2 Å². The molecule has 0 fully saturated rings. The Balaban J connectivity index is 1.55. The molecule has 1 atom stereocenters. The maximum absolute atomic E-state index is 12.9. The molecule has 2 aromatic carbocycles. The van der Waals surface area contributed by atoms with Crippen molar-refractivity contribution in [3.8, 4) is 11.5 Å². The van der Waals surface area contributed by atoms with Gasteiger partial charge in [-0.2, -0.15) is 0 Å². The number of rotatable bonds is 6. The largest absolute Gasteiger partial charge is 0.493 e. The monoisotopic (exact) mass is 392 g/mol. The minimum absolute atomic E-state index is 0.00996. The Kier molecular flexibility index (Phi) is 5.22. The number of ether oxygens (including phenoxy) is 2. The summed E-state index contributed by atoms with van der Waals surface area (Å²) in [7, 11) is 3.28. The van der Waals surface area contributed by atoms with Gasteiger partial charge in [0.05, 0.1) is 26.7 Å². The minimum Gasteiger partial charge on any atom is -0.493 e. The lowest BCUT2D eigenvalue weighted by atomic mass is 10.1. The van der Waals surface area contributed by atoms with Crippen molar-refractivity contribution < 1.29 is 14.3 Å². The highest BCUT2D eigenvalue weighted by Gasteiger charge is 2.26. The summed E-state index contributed by atoms with van der Waals surface area (Å²) in [6, 6.07) is 12.7. The highest BCUT2D eigenvalue weighted by atomic mass is 16.5. The fraction of sp³-hybridized carbons (Fsp3) is 0.375. The zero-order valence-corrected chi connectivity index (χ0v) is 17.5. The number of hydrogen-bond acceptors (Lipinski definition) is 3. The molecule has 0 saturated heterocycles. The van der Waals surface area contributed by atoms with E-state index in [9.17, 15) is 4.79 Å². The van der Waals surface area contributed by atoms with Gasteiger partial charge in [-0.05, 0) is 61.6 Å². The van der Waals surface area contributed by atoms with E-state index in [2.05, 4.69) is 42.1 Å². The first-order chi connectivity index (χ1) is 14.0. The molecule has 0 bridgehead atoms. The molecule has 152 valence electrons. The van der Waals surface area contributed by atoms with Crippen LogP contribution in [0.5, 0.6) is 11.5 Å². The number of nitrogens with one attached hydrogen (secondary N) is 1. The summed E-state index contributed by atoms with van der Waals surface area (Å²) in [6.45, 7) is 4.32. The fourth-order valence-electron chi connectivity index (χ4n) is 4.35. The van der Waals surface area contributed by atoms with Crippen molar-refractivity contribution in [3.63, 3.8) is 0 Å². The molecule has 5 heteroatoms. The number of methoxy groups -OCH3 is 2. The fourth-order valence-corrected chi connectivity index (χ4v) is 4.35.